The molecule has 0 saturated heterocycles. The highest BCUT2D eigenvalue weighted by atomic mass is 16.5. The molecule has 0 saturated carbocycles. The van der Waals surface area contributed by atoms with E-state index >= 15 is 0 Å². The number of amides is 2. The quantitative estimate of drug-likeness (QED) is 0.729. The van der Waals surface area contributed by atoms with Crippen LogP contribution >= 0.6 is 0 Å². The van der Waals surface area contributed by atoms with Crippen LogP contribution in [0.15, 0.2) is 24.3 Å². The molecule has 0 bridgehead atoms. The van der Waals surface area contributed by atoms with E-state index in [1.165, 1.54) is 7.11 Å². The van der Waals surface area contributed by atoms with Crippen molar-refractivity contribution in [2.75, 3.05) is 12.4 Å². The van der Waals surface area contributed by atoms with E-state index in [0.29, 0.717) is 24.2 Å². The normalized spacial score (nSPS) is 13.9. The topological polar surface area (TPSA) is 102 Å². The number of methoxy groups -OCH3 is 1. The fraction of sp³-hybridized carbons (Fsp3) is 0.429. The Hall–Kier alpha value is -3.16. The van der Waals surface area contributed by atoms with E-state index in [2.05, 4.69) is 15.6 Å². The lowest BCUT2D eigenvalue weighted by atomic mass is 10.1. The van der Waals surface area contributed by atoms with Crippen LogP contribution in [0.4, 0.5) is 5.69 Å². The smallest absolute Gasteiger partial charge is 0.337 e. The highest BCUT2D eigenvalue weighted by molar-refractivity contribution is 6.05. The molecule has 1 unspecified atom stereocenters. The molecule has 2 amide bonds. The lowest BCUT2D eigenvalue weighted by molar-refractivity contribution is 0.0600. The Morgan fingerprint density at radius 3 is 2.76 bits per heavy atom. The third-order valence-corrected chi connectivity index (χ3v) is 5.07. The fourth-order valence-corrected chi connectivity index (χ4v) is 3.32. The molecular weight excluding hydrogens is 372 g/mol. The number of benzene rings is 1. The molecule has 2 heterocycles. The summed E-state index contributed by atoms with van der Waals surface area (Å²) in [5.41, 5.74) is 1.82. The number of aromatic nitrogens is 2. The summed E-state index contributed by atoms with van der Waals surface area (Å²) in [6.07, 6.45) is 3.38. The molecule has 2 N–H and O–H groups in total. The Bertz CT molecular complexity index is 935. The summed E-state index contributed by atoms with van der Waals surface area (Å²) in [5.74, 6) is -0.882. The first kappa shape index (κ1) is 20.6. The van der Waals surface area contributed by atoms with E-state index in [9.17, 15) is 14.4 Å². The molecule has 0 radical (unpaired) electrons. The lowest BCUT2D eigenvalue weighted by Crippen LogP contribution is -2.34. The standard InChI is InChI=1S/C21H26N4O4/c1-4-13(2)22-20(27)18-24-17(16-10-5-6-11-25(16)18)19(26)23-15-9-7-8-14(12-15)21(28)29-3/h7-9,12-13H,4-6,10-11H2,1-3H3,(H,22,27)(H,23,26). The predicted octanol–water partition coefficient (Wildman–Crippen LogP) is 2.79. The second-order valence-electron chi connectivity index (χ2n) is 7.15. The number of hydrogen-bond donors (Lipinski definition) is 2. The van der Waals surface area contributed by atoms with Gasteiger partial charge in [0.05, 0.1) is 18.4 Å². The number of anilines is 1. The highest BCUT2D eigenvalue weighted by Gasteiger charge is 2.28. The SMILES string of the molecule is CCC(C)NC(=O)c1nc(C(=O)Nc2cccc(C(=O)OC)c2)c2n1CCCC2. The zero-order valence-electron chi connectivity index (χ0n) is 16.9. The number of carbonyl (C=O) groups excluding carboxylic acids is 3. The Labute approximate surface area is 169 Å². The zero-order chi connectivity index (χ0) is 21.0. The molecule has 29 heavy (non-hydrogen) atoms. The number of ether oxygens (including phenoxy) is 1. The molecule has 2 aromatic rings. The van der Waals surface area contributed by atoms with Gasteiger partial charge in [0, 0.05) is 18.3 Å². The summed E-state index contributed by atoms with van der Waals surface area (Å²) in [7, 11) is 1.30. The Balaban J connectivity index is 1.87. The van der Waals surface area contributed by atoms with Crippen LogP contribution in [0.1, 0.15) is 70.3 Å². The van der Waals surface area contributed by atoms with E-state index in [0.717, 1.165) is 25.0 Å². The number of esters is 1. The van der Waals surface area contributed by atoms with Crippen LogP contribution in [0.3, 0.4) is 0 Å². The molecule has 0 aliphatic carbocycles. The molecule has 154 valence electrons. The summed E-state index contributed by atoms with van der Waals surface area (Å²) in [6, 6.07) is 6.52. The van der Waals surface area contributed by atoms with Gasteiger partial charge in [-0.2, -0.15) is 0 Å². The molecule has 8 nitrogen and oxygen atoms in total. The van der Waals surface area contributed by atoms with Gasteiger partial charge in [-0.15, -0.1) is 0 Å². The van der Waals surface area contributed by atoms with Crippen LogP contribution in [-0.4, -0.2) is 40.5 Å². The number of fused-ring (bicyclic) bond motifs is 1. The molecule has 3 rings (SSSR count). The minimum atomic E-state index is -0.482. The average Bonchev–Trinajstić information content (AvgIpc) is 3.13. The maximum Gasteiger partial charge on any atom is 0.337 e. The van der Waals surface area contributed by atoms with Gasteiger partial charge >= 0.3 is 5.97 Å². The number of nitrogens with one attached hydrogen (secondary N) is 2. The highest BCUT2D eigenvalue weighted by Crippen LogP contribution is 2.22. The van der Waals surface area contributed by atoms with Crippen LogP contribution in [0.2, 0.25) is 0 Å². The van der Waals surface area contributed by atoms with E-state index in [-0.39, 0.29) is 23.5 Å². The number of nitrogens with zero attached hydrogens (tertiary/aromatic N) is 2. The Morgan fingerprint density at radius 1 is 1.24 bits per heavy atom. The molecule has 1 aromatic carbocycles. The first-order chi connectivity index (χ1) is 13.9. The van der Waals surface area contributed by atoms with Gasteiger partial charge in [0.15, 0.2) is 11.5 Å². The number of carbonyl (C=O) groups is 3. The largest absolute Gasteiger partial charge is 0.465 e. The molecule has 1 atom stereocenters. The van der Waals surface area contributed by atoms with Crippen molar-refractivity contribution < 1.29 is 19.1 Å². The third-order valence-electron chi connectivity index (χ3n) is 5.07. The van der Waals surface area contributed by atoms with E-state index in [4.69, 9.17) is 4.74 Å². The second-order valence-corrected chi connectivity index (χ2v) is 7.15. The fourth-order valence-electron chi connectivity index (χ4n) is 3.32. The van der Waals surface area contributed by atoms with Gasteiger partial charge in [-0.25, -0.2) is 9.78 Å². The summed E-state index contributed by atoms with van der Waals surface area (Å²) in [6.45, 7) is 4.59. The Kier molecular flexibility index (Phi) is 6.31. The Morgan fingerprint density at radius 2 is 2.03 bits per heavy atom. The van der Waals surface area contributed by atoms with E-state index < -0.39 is 11.9 Å². The van der Waals surface area contributed by atoms with Crippen molar-refractivity contribution in [1.29, 1.82) is 0 Å². The van der Waals surface area contributed by atoms with Crippen LogP contribution in [0.25, 0.3) is 0 Å². The van der Waals surface area contributed by atoms with Crippen molar-refractivity contribution in [2.45, 2.75) is 52.1 Å². The maximum absolute atomic E-state index is 12.9. The van der Waals surface area contributed by atoms with Crippen molar-refractivity contribution in [2.24, 2.45) is 0 Å². The molecule has 0 spiro atoms. The van der Waals surface area contributed by atoms with Crippen LogP contribution in [0.5, 0.6) is 0 Å². The van der Waals surface area contributed by atoms with Crippen LogP contribution in [-0.2, 0) is 17.7 Å². The second kappa shape index (κ2) is 8.89. The number of hydrogen-bond acceptors (Lipinski definition) is 5. The van der Waals surface area contributed by atoms with Crippen molar-refractivity contribution >= 4 is 23.5 Å². The van der Waals surface area contributed by atoms with Gasteiger partial charge < -0.3 is 19.9 Å². The molecule has 1 aliphatic rings. The van der Waals surface area contributed by atoms with Gasteiger partial charge in [0.2, 0.25) is 0 Å². The van der Waals surface area contributed by atoms with E-state index in [1.807, 2.05) is 18.4 Å². The predicted molar refractivity (Wildman–Crippen MR) is 108 cm³/mol. The maximum atomic E-state index is 12.9. The monoisotopic (exact) mass is 398 g/mol. The summed E-state index contributed by atoms with van der Waals surface area (Å²) in [4.78, 5) is 41.7. The van der Waals surface area contributed by atoms with Crippen molar-refractivity contribution in [3.8, 4) is 0 Å². The molecule has 1 aromatic heterocycles. The van der Waals surface area contributed by atoms with Gasteiger partial charge in [0.25, 0.3) is 11.8 Å². The number of imidazole rings is 1. The van der Waals surface area contributed by atoms with Crippen molar-refractivity contribution in [1.82, 2.24) is 14.9 Å². The number of rotatable bonds is 6. The molecule has 0 fully saturated rings. The molecular formula is C21H26N4O4. The first-order valence-corrected chi connectivity index (χ1v) is 9.84. The third kappa shape index (κ3) is 4.47. The summed E-state index contributed by atoms with van der Waals surface area (Å²) < 4.78 is 6.56. The zero-order valence-corrected chi connectivity index (χ0v) is 16.9. The lowest BCUT2D eigenvalue weighted by Gasteiger charge is -2.18. The van der Waals surface area contributed by atoms with E-state index in [1.54, 1.807) is 24.3 Å². The molecule has 8 heteroatoms. The van der Waals surface area contributed by atoms with Gasteiger partial charge in [-0.3, -0.25) is 9.59 Å². The van der Waals surface area contributed by atoms with Crippen molar-refractivity contribution in [3.63, 3.8) is 0 Å². The average molecular weight is 398 g/mol. The molecule has 1 aliphatic heterocycles. The minimum absolute atomic E-state index is 0.0254. The van der Waals surface area contributed by atoms with Gasteiger partial charge in [-0.05, 0) is 50.8 Å². The van der Waals surface area contributed by atoms with Gasteiger partial charge in [-0.1, -0.05) is 13.0 Å². The van der Waals surface area contributed by atoms with Crippen molar-refractivity contribution in [3.05, 3.63) is 47.0 Å². The van der Waals surface area contributed by atoms with Crippen LogP contribution < -0.4 is 10.6 Å². The summed E-state index contributed by atoms with van der Waals surface area (Å²) >= 11 is 0. The van der Waals surface area contributed by atoms with Gasteiger partial charge in [0.1, 0.15) is 0 Å². The summed E-state index contributed by atoms with van der Waals surface area (Å²) in [5, 5.41) is 5.70. The van der Waals surface area contributed by atoms with Crippen LogP contribution in [0, 0.1) is 0 Å². The first-order valence-electron chi connectivity index (χ1n) is 9.84. The minimum Gasteiger partial charge on any atom is -0.465 e.